The van der Waals surface area contributed by atoms with Gasteiger partial charge in [0, 0.05) is 5.56 Å². The number of primary sulfonamides is 1. The number of ketones is 1. The van der Waals surface area contributed by atoms with Crippen LogP contribution in [0.4, 0.5) is 0 Å². The van der Waals surface area contributed by atoms with Crippen LogP contribution in [0, 0.1) is 0 Å². The Kier molecular flexibility index (Phi) is 3.00. The molecule has 14 heavy (non-hydrogen) atoms. The Bertz CT molecular complexity index is 436. The molecule has 0 bridgehead atoms. The SMILES string of the molecule is NCC(=O)c1ccc(S(N)(=O)=O)cc1. The molecule has 5 nitrogen and oxygen atoms in total. The maximum absolute atomic E-state index is 11.1. The molecule has 1 aromatic rings. The maximum atomic E-state index is 11.1. The molecular weight excluding hydrogens is 204 g/mol. The summed E-state index contributed by atoms with van der Waals surface area (Å²) in [5.74, 6) is -0.244. The fourth-order valence-corrected chi connectivity index (χ4v) is 1.46. The predicted octanol–water partition coefficient (Wildman–Crippen LogP) is -0.525. The zero-order valence-corrected chi connectivity index (χ0v) is 8.12. The van der Waals surface area contributed by atoms with E-state index in [1.807, 2.05) is 0 Å². The smallest absolute Gasteiger partial charge is 0.238 e. The molecule has 0 spiro atoms. The molecule has 76 valence electrons. The molecule has 0 aromatic heterocycles. The van der Waals surface area contributed by atoms with E-state index in [0.717, 1.165) is 0 Å². The first-order valence-corrected chi connectivity index (χ1v) is 5.36. The molecule has 0 aliphatic carbocycles. The Balaban J connectivity index is 3.07. The Morgan fingerprint density at radius 3 is 2.07 bits per heavy atom. The molecule has 0 unspecified atom stereocenters. The van der Waals surface area contributed by atoms with E-state index >= 15 is 0 Å². The van der Waals surface area contributed by atoms with Crippen LogP contribution < -0.4 is 10.9 Å². The minimum Gasteiger partial charge on any atom is -0.324 e. The number of nitrogens with two attached hydrogens (primary N) is 2. The summed E-state index contributed by atoms with van der Waals surface area (Å²) in [7, 11) is -3.69. The van der Waals surface area contributed by atoms with Crippen molar-refractivity contribution in [3.8, 4) is 0 Å². The molecule has 0 heterocycles. The summed E-state index contributed by atoms with van der Waals surface area (Å²) in [5, 5.41) is 4.88. The second-order valence-electron chi connectivity index (χ2n) is 2.70. The highest BCUT2D eigenvalue weighted by molar-refractivity contribution is 7.89. The summed E-state index contributed by atoms with van der Waals surface area (Å²) in [5.41, 5.74) is 5.51. The first-order chi connectivity index (χ1) is 6.45. The maximum Gasteiger partial charge on any atom is 0.238 e. The molecule has 0 amide bonds. The van der Waals surface area contributed by atoms with Crippen LogP contribution in [0.2, 0.25) is 0 Å². The van der Waals surface area contributed by atoms with Gasteiger partial charge in [-0.05, 0) is 12.1 Å². The van der Waals surface area contributed by atoms with Gasteiger partial charge in [0.05, 0.1) is 11.4 Å². The lowest BCUT2D eigenvalue weighted by molar-refractivity contribution is 0.100. The number of sulfonamides is 1. The summed E-state index contributed by atoms with van der Waals surface area (Å²) in [6.45, 7) is -0.102. The van der Waals surface area contributed by atoms with Crippen LogP contribution in [0.5, 0.6) is 0 Å². The third kappa shape index (κ3) is 2.38. The minimum absolute atomic E-state index is 0.0222. The average molecular weight is 214 g/mol. The lowest BCUT2D eigenvalue weighted by atomic mass is 10.1. The number of rotatable bonds is 3. The predicted molar refractivity (Wildman–Crippen MR) is 51.2 cm³/mol. The highest BCUT2D eigenvalue weighted by Crippen LogP contribution is 2.08. The molecule has 0 atom stereocenters. The number of hydrogen-bond acceptors (Lipinski definition) is 4. The summed E-state index contributed by atoms with van der Waals surface area (Å²) in [6, 6.07) is 5.32. The lowest BCUT2D eigenvalue weighted by Crippen LogP contribution is -2.15. The molecule has 1 rings (SSSR count). The monoisotopic (exact) mass is 214 g/mol. The van der Waals surface area contributed by atoms with Crippen LogP contribution in [-0.2, 0) is 10.0 Å². The van der Waals surface area contributed by atoms with Crippen molar-refractivity contribution in [2.24, 2.45) is 10.9 Å². The first kappa shape index (κ1) is 10.8. The molecule has 4 N–H and O–H groups in total. The largest absolute Gasteiger partial charge is 0.324 e. The van der Waals surface area contributed by atoms with Gasteiger partial charge in [0.1, 0.15) is 0 Å². The van der Waals surface area contributed by atoms with Crippen molar-refractivity contribution < 1.29 is 13.2 Å². The zero-order chi connectivity index (χ0) is 10.8. The van der Waals surface area contributed by atoms with Crippen molar-refractivity contribution in [1.29, 1.82) is 0 Å². The van der Waals surface area contributed by atoms with Crippen LogP contribution in [0.1, 0.15) is 10.4 Å². The van der Waals surface area contributed by atoms with Gasteiger partial charge in [0.25, 0.3) is 0 Å². The Morgan fingerprint density at radius 1 is 1.21 bits per heavy atom. The summed E-state index contributed by atoms with van der Waals surface area (Å²) in [4.78, 5) is 11.0. The van der Waals surface area contributed by atoms with E-state index in [9.17, 15) is 13.2 Å². The summed E-state index contributed by atoms with van der Waals surface area (Å²) in [6.07, 6.45) is 0. The van der Waals surface area contributed by atoms with E-state index in [2.05, 4.69) is 0 Å². The van der Waals surface area contributed by atoms with Gasteiger partial charge in [-0.15, -0.1) is 0 Å². The Hall–Kier alpha value is -1.24. The topological polar surface area (TPSA) is 103 Å². The number of hydrogen-bond donors (Lipinski definition) is 2. The van der Waals surface area contributed by atoms with Gasteiger partial charge in [-0.2, -0.15) is 0 Å². The molecule has 0 radical (unpaired) electrons. The van der Waals surface area contributed by atoms with Gasteiger partial charge >= 0.3 is 0 Å². The Morgan fingerprint density at radius 2 is 1.71 bits per heavy atom. The second-order valence-corrected chi connectivity index (χ2v) is 4.26. The molecule has 0 saturated heterocycles. The van der Waals surface area contributed by atoms with Crippen LogP contribution in [0.15, 0.2) is 29.2 Å². The van der Waals surface area contributed by atoms with Gasteiger partial charge in [0.2, 0.25) is 10.0 Å². The lowest BCUT2D eigenvalue weighted by Gasteiger charge is -1.99. The van der Waals surface area contributed by atoms with Gasteiger partial charge < -0.3 is 5.73 Å². The summed E-state index contributed by atoms with van der Waals surface area (Å²) >= 11 is 0. The van der Waals surface area contributed by atoms with Crippen LogP contribution in [0.25, 0.3) is 0 Å². The molecule has 0 fully saturated rings. The van der Waals surface area contributed by atoms with Gasteiger partial charge in [-0.25, -0.2) is 13.6 Å². The fraction of sp³-hybridized carbons (Fsp3) is 0.125. The van der Waals surface area contributed by atoms with E-state index in [0.29, 0.717) is 5.56 Å². The fourth-order valence-electron chi connectivity index (χ4n) is 0.948. The van der Waals surface area contributed by atoms with E-state index in [1.54, 1.807) is 0 Å². The quantitative estimate of drug-likeness (QED) is 0.660. The zero-order valence-electron chi connectivity index (χ0n) is 7.30. The average Bonchev–Trinajstić information content (AvgIpc) is 2.15. The van der Waals surface area contributed by atoms with Crippen LogP contribution in [-0.4, -0.2) is 20.7 Å². The van der Waals surface area contributed by atoms with Gasteiger partial charge in [-0.1, -0.05) is 12.1 Å². The third-order valence-electron chi connectivity index (χ3n) is 1.69. The first-order valence-electron chi connectivity index (χ1n) is 3.81. The summed E-state index contributed by atoms with van der Waals surface area (Å²) < 4.78 is 21.7. The van der Waals surface area contributed by atoms with Crippen molar-refractivity contribution in [2.45, 2.75) is 4.90 Å². The van der Waals surface area contributed by atoms with Crippen molar-refractivity contribution in [3.05, 3.63) is 29.8 Å². The molecule has 6 heteroatoms. The third-order valence-corrected chi connectivity index (χ3v) is 2.62. The number of Topliss-reactive ketones (excluding diaryl/α,β-unsaturated/α-hetero) is 1. The molecule has 1 aromatic carbocycles. The number of carbonyl (C=O) groups excluding carboxylic acids is 1. The van der Waals surface area contributed by atoms with E-state index in [1.165, 1.54) is 24.3 Å². The highest BCUT2D eigenvalue weighted by Gasteiger charge is 2.08. The van der Waals surface area contributed by atoms with E-state index in [-0.39, 0.29) is 17.2 Å². The molecule has 0 saturated carbocycles. The Labute approximate surface area is 81.8 Å². The van der Waals surface area contributed by atoms with Crippen molar-refractivity contribution in [2.75, 3.05) is 6.54 Å². The van der Waals surface area contributed by atoms with Crippen LogP contribution >= 0.6 is 0 Å². The van der Waals surface area contributed by atoms with Gasteiger partial charge in [-0.3, -0.25) is 4.79 Å². The van der Waals surface area contributed by atoms with Gasteiger partial charge in [0.15, 0.2) is 5.78 Å². The van der Waals surface area contributed by atoms with Crippen molar-refractivity contribution >= 4 is 15.8 Å². The van der Waals surface area contributed by atoms with Crippen molar-refractivity contribution in [3.63, 3.8) is 0 Å². The number of carbonyl (C=O) groups is 1. The number of benzene rings is 1. The normalized spacial score (nSPS) is 11.3. The highest BCUT2D eigenvalue weighted by atomic mass is 32.2. The van der Waals surface area contributed by atoms with E-state index in [4.69, 9.17) is 10.9 Å². The van der Waals surface area contributed by atoms with Crippen molar-refractivity contribution in [1.82, 2.24) is 0 Å². The standard InChI is InChI=1S/C8H10N2O3S/c9-5-8(11)6-1-3-7(4-2-6)14(10,12)13/h1-4H,5,9H2,(H2,10,12,13). The molecular formula is C8H10N2O3S. The van der Waals surface area contributed by atoms with Crippen LogP contribution in [0.3, 0.4) is 0 Å². The molecule has 0 aliphatic rings. The molecule has 0 aliphatic heterocycles. The second kappa shape index (κ2) is 3.87. The van der Waals surface area contributed by atoms with E-state index < -0.39 is 10.0 Å². The minimum atomic E-state index is -3.69.